The van der Waals surface area contributed by atoms with Crippen molar-refractivity contribution in [3.05, 3.63) is 69.7 Å². The molecule has 7 nitrogen and oxygen atoms in total. The second-order valence-electron chi connectivity index (χ2n) is 8.86. The molecular formula is C26H26N2O5. The molecule has 0 fully saturated rings. The second-order valence-corrected chi connectivity index (χ2v) is 8.86. The number of hydrogen-bond donors (Lipinski definition) is 2. The van der Waals surface area contributed by atoms with Crippen molar-refractivity contribution in [3.8, 4) is 11.8 Å². The van der Waals surface area contributed by atoms with Crippen molar-refractivity contribution in [2.75, 3.05) is 5.32 Å². The van der Waals surface area contributed by atoms with E-state index >= 15 is 0 Å². The smallest absolute Gasteiger partial charge is 0.366 e. The Morgan fingerprint density at radius 2 is 1.76 bits per heavy atom. The number of carbonyl (C=O) groups is 2. The number of rotatable bonds is 5. The first-order chi connectivity index (χ1) is 15.4. The number of hydrogen-bond acceptors (Lipinski definition) is 6. The summed E-state index contributed by atoms with van der Waals surface area (Å²) in [7, 11) is 0. The third-order valence-electron chi connectivity index (χ3n) is 5.64. The zero-order valence-corrected chi connectivity index (χ0v) is 19.3. The summed E-state index contributed by atoms with van der Waals surface area (Å²) in [5, 5.41) is 18.5. The number of ketones is 1. The van der Waals surface area contributed by atoms with E-state index in [-0.39, 0.29) is 12.2 Å². The molecular weight excluding hydrogens is 420 g/mol. The number of fused-ring (bicyclic) bond motifs is 1. The van der Waals surface area contributed by atoms with Gasteiger partial charge in [0.05, 0.1) is 11.1 Å². The maximum atomic E-state index is 13.2. The Hall–Kier alpha value is -3.76. The number of aromatic nitrogens is 1. The molecule has 7 heteroatoms. The van der Waals surface area contributed by atoms with Gasteiger partial charge in [0.15, 0.2) is 0 Å². The van der Waals surface area contributed by atoms with Crippen molar-refractivity contribution in [2.45, 2.75) is 46.6 Å². The molecule has 1 heterocycles. The van der Waals surface area contributed by atoms with E-state index in [1.54, 1.807) is 39.0 Å². The molecule has 0 bridgehead atoms. The van der Waals surface area contributed by atoms with E-state index in [2.05, 4.69) is 22.3 Å². The van der Waals surface area contributed by atoms with Gasteiger partial charge >= 0.3 is 5.63 Å². The van der Waals surface area contributed by atoms with E-state index in [0.29, 0.717) is 27.7 Å². The second kappa shape index (κ2) is 9.00. The lowest BCUT2D eigenvalue weighted by molar-refractivity contribution is -0.135. The van der Waals surface area contributed by atoms with E-state index in [1.165, 1.54) is 19.1 Å². The number of Topliss-reactive ketones (excluding diaryl/α,β-unsaturated/α-hetero) is 1. The molecule has 2 N–H and O–H groups in total. The number of amides is 1. The highest BCUT2D eigenvalue weighted by Gasteiger charge is 2.42. The SMILES string of the molecule is CC(=O)C(C)(C)CC(O)(C#Cc1ccc(C)cc1)C(=O)Nc1ccc2c(=O)onc(C)c2c1. The third kappa shape index (κ3) is 5.36. The van der Waals surface area contributed by atoms with Gasteiger partial charge in [0, 0.05) is 28.5 Å². The topological polar surface area (TPSA) is 110 Å². The van der Waals surface area contributed by atoms with Crippen LogP contribution in [0.4, 0.5) is 5.69 Å². The summed E-state index contributed by atoms with van der Waals surface area (Å²) in [4.78, 5) is 37.2. The fourth-order valence-electron chi connectivity index (χ4n) is 3.30. The summed E-state index contributed by atoms with van der Waals surface area (Å²) >= 11 is 0. The van der Waals surface area contributed by atoms with Crippen molar-refractivity contribution in [1.82, 2.24) is 5.16 Å². The Morgan fingerprint density at radius 1 is 1.09 bits per heavy atom. The number of nitrogens with one attached hydrogen (secondary N) is 1. The van der Waals surface area contributed by atoms with Gasteiger partial charge < -0.3 is 14.9 Å². The zero-order valence-electron chi connectivity index (χ0n) is 19.3. The number of anilines is 1. The Labute approximate surface area is 191 Å². The predicted molar refractivity (Wildman–Crippen MR) is 126 cm³/mol. The minimum Gasteiger partial charge on any atom is -0.369 e. The lowest BCUT2D eigenvalue weighted by atomic mass is 9.77. The van der Waals surface area contributed by atoms with Crippen LogP contribution in [0.25, 0.3) is 10.8 Å². The van der Waals surface area contributed by atoms with E-state index in [4.69, 9.17) is 4.52 Å². The summed E-state index contributed by atoms with van der Waals surface area (Å²) in [6.07, 6.45) is -0.197. The predicted octanol–water partition coefficient (Wildman–Crippen LogP) is 3.53. The van der Waals surface area contributed by atoms with Gasteiger partial charge in [-0.3, -0.25) is 9.59 Å². The van der Waals surface area contributed by atoms with Crippen LogP contribution in [-0.2, 0) is 9.59 Å². The molecule has 0 saturated heterocycles. The fraction of sp³-hybridized carbons (Fsp3) is 0.308. The largest absolute Gasteiger partial charge is 0.369 e. The zero-order chi connectivity index (χ0) is 24.4. The molecule has 0 spiro atoms. The van der Waals surface area contributed by atoms with E-state index in [1.807, 2.05) is 19.1 Å². The van der Waals surface area contributed by atoms with Crippen LogP contribution >= 0.6 is 0 Å². The van der Waals surface area contributed by atoms with E-state index in [0.717, 1.165) is 5.56 Å². The molecule has 3 aromatic rings. The first kappa shape index (κ1) is 23.9. The van der Waals surface area contributed by atoms with Crippen molar-refractivity contribution < 1.29 is 19.2 Å². The van der Waals surface area contributed by atoms with E-state index in [9.17, 15) is 19.5 Å². The van der Waals surface area contributed by atoms with Crippen molar-refractivity contribution >= 4 is 28.2 Å². The molecule has 3 rings (SSSR count). The van der Waals surface area contributed by atoms with Crippen LogP contribution in [0.15, 0.2) is 51.8 Å². The van der Waals surface area contributed by atoms with Gasteiger partial charge in [-0.1, -0.05) is 48.5 Å². The van der Waals surface area contributed by atoms with Crippen molar-refractivity contribution in [3.63, 3.8) is 0 Å². The molecule has 1 amide bonds. The minimum absolute atomic E-state index is 0.176. The summed E-state index contributed by atoms with van der Waals surface area (Å²) < 4.78 is 4.72. The van der Waals surface area contributed by atoms with Crippen LogP contribution in [0.3, 0.4) is 0 Å². The minimum atomic E-state index is -2.14. The van der Waals surface area contributed by atoms with Crippen LogP contribution in [0.1, 0.15) is 44.0 Å². The van der Waals surface area contributed by atoms with Gasteiger partial charge in [0.2, 0.25) is 5.60 Å². The Bertz CT molecular complexity index is 1340. The Kier molecular flexibility index (Phi) is 6.52. The molecule has 33 heavy (non-hydrogen) atoms. The molecule has 0 saturated carbocycles. The maximum absolute atomic E-state index is 13.2. The van der Waals surface area contributed by atoms with Crippen molar-refractivity contribution in [1.29, 1.82) is 0 Å². The molecule has 1 aromatic heterocycles. The molecule has 1 atom stereocenters. The van der Waals surface area contributed by atoms with Crippen molar-refractivity contribution in [2.24, 2.45) is 5.41 Å². The molecule has 0 aliphatic carbocycles. The molecule has 0 radical (unpaired) electrons. The highest BCUT2D eigenvalue weighted by atomic mass is 16.5. The number of aryl methyl sites for hydroxylation is 2. The number of carbonyl (C=O) groups excluding carboxylic acids is 2. The maximum Gasteiger partial charge on any atom is 0.366 e. The monoisotopic (exact) mass is 446 g/mol. The van der Waals surface area contributed by atoms with Crippen LogP contribution in [0.2, 0.25) is 0 Å². The molecule has 0 aliphatic heterocycles. The number of benzene rings is 2. The van der Waals surface area contributed by atoms with Gasteiger partial charge in [-0.25, -0.2) is 4.79 Å². The molecule has 170 valence electrons. The molecule has 0 aliphatic rings. The van der Waals surface area contributed by atoms with Crippen LogP contribution in [0.5, 0.6) is 0 Å². The first-order valence-electron chi connectivity index (χ1n) is 10.5. The summed E-state index contributed by atoms with van der Waals surface area (Å²) in [6, 6.07) is 12.0. The van der Waals surface area contributed by atoms with Gasteiger partial charge in [-0.2, -0.15) is 0 Å². The van der Waals surface area contributed by atoms with Gasteiger partial charge in [0.25, 0.3) is 5.91 Å². The lowest BCUT2D eigenvalue weighted by Crippen LogP contribution is -2.46. The quantitative estimate of drug-likeness (QED) is 0.580. The highest BCUT2D eigenvalue weighted by molar-refractivity contribution is 6.01. The van der Waals surface area contributed by atoms with E-state index < -0.39 is 22.5 Å². The normalized spacial score (nSPS) is 13.0. The van der Waals surface area contributed by atoms with Crippen LogP contribution < -0.4 is 10.9 Å². The summed E-state index contributed by atoms with van der Waals surface area (Å²) in [5.74, 6) is 4.59. The summed E-state index contributed by atoms with van der Waals surface area (Å²) in [6.45, 7) is 8.35. The number of aliphatic hydroxyl groups is 1. The van der Waals surface area contributed by atoms with Gasteiger partial charge in [0.1, 0.15) is 5.78 Å². The summed E-state index contributed by atoms with van der Waals surface area (Å²) in [5.41, 5.74) is -1.20. The average molecular weight is 447 g/mol. The average Bonchev–Trinajstić information content (AvgIpc) is 2.75. The molecule has 1 unspecified atom stereocenters. The molecule has 2 aromatic carbocycles. The lowest BCUT2D eigenvalue weighted by Gasteiger charge is -2.30. The Balaban J connectivity index is 1.99. The number of nitrogens with zero attached hydrogens (tertiary/aromatic N) is 1. The van der Waals surface area contributed by atoms with Crippen LogP contribution in [0, 0.1) is 31.1 Å². The highest BCUT2D eigenvalue weighted by Crippen LogP contribution is 2.30. The fourth-order valence-corrected chi connectivity index (χ4v) is 3.30. The first-order valence-corrected chi connectivity index (χ1v) is 10.5. The van der Waals surface area contributed by atoms with Crippen LogP contribution in [-0.4, -0.2) is 27.6 Å². The van der Waals surface area contributed by atoms with Gasteiger partial charge in [-0.15, -0.1) is 0 Å². The third-order valence-corrected chi connectivity index (χ3v) is 5.64. The Morgan fingerprint density at radius 3 is 2.39 bits per heavy atom. The van der Waals surface area contributed by atoms with Gasteiger partial charge in [-0.05, 0) is 51.1 Å². The standard InChI is InChI=1S/C26H26N2O5/c1-16-6-8-19(9-7-16)12-13-26(32,15-25(4,5)18(3)29)24(31)27-20-10-11-21-22(14-20)17(2)28-33-23(21)30/h6-11,14,32H,15H2,1-5H3,(H,27,31).